The molecule has 208 valence electrons. The summed E-state index contributed by atoms with van der Waals surface area (Å²) in [6.45, 7) is 12.7. The van der Waals surface area contributed by atoms with E-state index in [-0.39, 0.29) is 30.3 Å². The minimum Gasteiger partial charge on any atom is -0.393 e. The fourth-order valence-electron chi connectivity index (χ4n) is 5.81. The monoisotopic (exact) mass is 507 g/mol. The SMILES string of the molecule is C=C1CC(C(O)/C(=C\CC)NC(CCCC(C)C(O)CCC2CCCC(O)O2)C2CC2)OC(C)C1C. The second-order valence-electron chi connectivity index (χ2n) is 11.8. The molecule has 9 atom stereocenters. The van der Waals surface area contributed by atoms with Gasteiger partial charge in [-0.3, -0.25) is 0 Å². The first-order valence-electron chi connectivity index (χ1n) is 14.7. The minimum atomic E-state index is -0.667. The first kappa shape index (κ1) is 29.6. The van der Waals surface area contributed by atoms with Gasteiger partial charge >= 0.3 is 0 Å². The maximum atomic E-state index is 11.3. The van der Waals surface area contributed by atoms with Gasteiger partial charge in [0, 0.05) is 17.7 Å². The molecule has 3 aliphatic rings. The lowest BCUT2D eigenvalue weighted by molar-refractivity contribution is -0.165. The normalized spacial score (nSPS) is 33.1. The largest absolute Gasteiger partial charge is 0.393 e. The molecule has 1 saturated carbocycles. The van der Waals surface area contributed by atoms with E-state index in [4.69, 9.17) is 9.47 Å². The average Bonchev–Trinajstić information content (AvgIpc) is 3.69. The zero-order valence-corrected chi connectivity index (χ0v) is 23.2. The standard InChI is InChI=1S/C30H53NO5/c1-6-9-26(30(34)28-18-20(3)21(4)22(5)35-28)31-25(23-14-15-23)12-7-10-19(2)27(32)17-16-24-11-8-13-29(33)36-24/h9,19,21-25,27-34H,3,6-8,10-18H2,1-2,4-5H3/b26-9+. The van der Waals surface area contributed by atoms with Crippen molar-refractivity contribution in [2.45, 2.75) is 148 Å². The van der Waals surface area contributed by atoms with Gasteiger partial charge in [-0.2, -0.15) is 0 Å². The van der Waals surface area contributed by atoms with E-state index in [0.29, 0.717) is 24.3 Å². The van der Waals surface area contributed by atoms with Gasteiger partial charge in [0.1, 0.15) is 6.10 Å². The van der Waals surface area contributed by atoms with Crippen LogP contribution in [-0.2, 0) is 9.47 Å². The van der Waals surface area contributed by atoms with Crippen LogP contribution in [0.25, 0.3) is 0 Å². The summed E-state index contributed by atoms with van der Waals surface area (Å²) in [5.41, 5.74) is 2.06. The Morgan fingerprint density at radius 2 is 1.86 bits per heavy atom. The van der Waals surface area contributed by atoms with Crippen molar-refractivity contribution in [2.24, 2.45) is 17.8 Å². The van der Waals surface area contributed by atoms with Gasteiger partial charge in [-0.25, -0.2) is 0 Å². The number of allylic oxidation sites excluding steroid dienone is 1. The molecule has 0 aromatic carbocycles. The second-order valence-corrected chi connectivity index (χ2v) is 11.8. The summed E-state index contributed by atoms with van der Waals surface area (Å²) >= 11 is 0. The van der Waals surface area contributed by atoms with Crippen LogP contribution in [0.4, 0.5) is 0 Å². The molecule has 3 fully saturated rings. The molecule has 1 aliphatic carbocycles. The van der Waals surface area contributed by atoms with Gasteiger partial charge < -0.3 is 30.1 Å². The van der Waals surface area contributed by atoms with E-state index in [1.165, 1.54) is 12.8 Å². The number of hydrogen-bond acceptors (Lipinski definition) is 6. The van der Waals surface area contributed by atoms with E-state index in [9.17, 15) is 15.3 Å². The van der Waals surface area contributed by atoms with E-state index < -0.39 is 12.4 Å². The number of hydrogen-bond donors (Lipinski definition) is 4. The highest BCUT2D eigenvalue weighted by molar-refractivity contribution is 5.15. The van der Waals surface area contributed by atoms with Crippen LogP contribution in [0.1, 0.15) is 105 Å². The van der Waals surface area contributed by atoms with Crippen LogP contribution in [-0.4, -0.2) is 58.2 Å². The molecule has 4 N–H and O–H groups in total. The molecule has 9 unspecified atom stereocenters. The molecule has 2 heterocycles. The highest BCUT2D eigenvalue weighted by Crippen LogP contribution is 2.37. The van der Waals surface area contributed by atoms with Crippen LogP contribution in [0.2, 0.25) is 0 Å². The van der Waals surface area contributed by atoms with Crippen molar-refractivity contribution in [3.05, 3.63) is 23.9 Å². The summed E-state index contributed by atoms with van der Waals surface area (Å²) in [5, 5.41) is 35.4. The van der Waals surface area contributed by atoms with Crippen LogP contribution in [0.15, 0.2) is 23.9 Å². The topological polar surface area (TPSA) is 91.2 Å². The van der Waals surface area contributed by atoms with Crippen LogP contribution >= 0.6 is 0 Å². The lowest BCUT2D eigenvalue weighted by Gasteiger charge is -2.38. The average molecular weight is 508 g/mol. The number of nitrogens with one attached hydrogen (secondary N) is 1. The smallest absolute Gasteiger partial charge is 0.154 e. The van der Waals surface area contributed by atoms with Crippen LogP contribution in [0.3, 0.4) is 0 Å². The van der Waals surface area contributed by atoms with Crippen molar-refractivity contribution < 1.29 is 24.8 Å². The van der Waals surface area contributed by atoms with Gasteiger partial charge in [-0.1, -0.05) is 45.4 Å². The van der Waals surface area contributed by atoms with Gasteiger partial charge in [-0.15, -0.1) is 0 Å². The first-order chi connectivity index (χ1) is 17.2. The molecule has 6 heteroatoms. The molecule has 0 amide bonds. The van der Waals surface area contributed by atoms with Crippen molar-refractivity contribution in [3.8, 4) is 0 Å². The zero-order chi connectivity index (χ0) is 26.2. The summed E-state index contributed by atoms with van der Waals surface area (Å²) in [5.74, 6) is 1.21. The van der Waals surface area contributed by atoms with Crippen molar-refractivity contribution in [1.82, 2.24) is 5.32 Å². The fourth-order valence-corrected chi connectivity index (χ4v) is 5.81. The molecule has 0 radical (unpaired) electrons. The van der Waals surface area contributed by atoms with Crippen LogP contribution in [0.5, 0.6) is 0 Å². The van der Waals surface area contributed by atoms with Gasteiger partial charge in [0.05, 0.1) is 24.4 Å². The molecule has 3 rings (SSSR count). The quantitative estimate of drug-likeness (QED) is 0.241. The fraction of sp³-hybridized carbons (Fsp3) is 0.867. The Hall–Kier alpha value is -0.920. The van der Waals surface area contributed by atoms with E-state index >= 15 is 0 Å². The highest BCUT2D eigenvalue weighted by Gasteiger charge is 2.36. The number of aliphatic hydroxyl groups is 3. The Bertz CT molecular complexity index is 707. The summed E-state index contributed by atoms with van der Waals surface area (Å²) in [7, 11) is 0. The number of ether oxygens (including phenoxy) is 2. The molecular weight excluding hydrogens is 454 g/mol. The molecule has 0 aromatic rings. The van der Waals surface area contributed by atoms with E-state index in [0.717, 1.165) is 69.1 Å². The summed E-state index contributed by atoms with van der Waals surface area (Å²) in [4.78, 5) is 0. The minimum absolute atomic E-state index is 0.0654. The lowest BCUT2D eigenvalue weighted by atomic mass is 9.87. The number of rotatable bonds is 14. The summed E-state index contributed by atoms with van der Waals surface area (Å²) in [6.07, 6.45) is 11.7. The van der Waals surface area contributed by atoms with Gasteiger partial charge in [-0.05, 0) is 89.4 Å². The maximum Gasteiger partial charge on any atom is 0.154 e. The Morgan fingerprint density at radius 3 is 2.50 bits per heavy atom. The molecule has 6 nitrogen and oxygen atoms in total. The Kier molecular flexibility index (Phi) is 11.8. The third kappa shape index (κ3) is 8.83. The van der Waals surface area contributed by atoms with Crippen molar-refractivity contribution in [1.29, 1.82) is 0 Å². The van der Waals surface area contributed by atoms with E-state index in [2.05, 4.69) is 45.7 Å². The highest BCUT2D eigenvalue weighted by atomic mass is 16.6. The summed E-state index contributed by atoms with van der Waals surface area (Å²) < 4.78 is 11.8. The van der Waals surface area contributed by atoms with Gasteiger partial charge in [0.2, 0.25) is 0 Å². The first-order valence-corrected chi connectivity index (χ1v) is 14.7. The summed E-state index contributed by atoms with van der Waals surface area (Å²) in [6, 6.07) is 0.349. The van der Waals surface area contributed by atoms with Crippen molar-refractivity contribution >= 4 is 0 Å². The molecule has 2 saturated heterocycles. The van der Waals surface area contributed by atoms with Crippen LogP contribution < -0.4 is 5.32 Å². The number of aliphatic hydroxyl groups excluding tert-OH is 3. The molecule has 36 heavy (non-hydrogen) atoms. The third-order valence-electron chi connectivity index (χ3n) is 8.78. The van der Waals surface area contributed by atoms with Crippen molar-refractivity contribution in [3.63, 3.8) is 0 Å². The van der Waals surface area contributed by atoms with Gasteiger partial charge in [0.15, 0.2) is 6.29 Å². The molecule has 0 aromatic heterocycles. The molecule has 0 spiro atoms. The predicted molar refractivity (Wildman–Crippen MR) is 144 cm³/mol. The Labute approximate surface area is 219 Å². The lowest BCUT2D eigenvalue weighted by Crippen LogP contribution is -2.45. The van der Waals surface area contributed by atoms with Crippen molar-refractivity contribution in [2.75, 3.05) is 0 Å². The predicted octanol–water partition coefficient (Wildman–Crippen LogP) is 5.21. The van der Waals surface area contributed by atoms with Gasteiger partial charge in [0.25, 0.3) is 0 Å². The van der Waals surface area contributed by atoms with Crippen LogP contribution in [0, 0.1) is 17.8 Å². The molecule has 0 bridgehead atoms. The Morgan fingerprint density at radius 1 is 1.11 bits per heavy atom. The molecular formula is C30H53NO5. The molecule has 2 aliphatic heterocycles. The second kappa shape index (κ2) is 14.3. The third-order valence-corrected chi connectivity index (χ3v) is 8.78. The maximum absolute atomic E-state index is 11.3. The Balaban J connectivity index is 1.46. The van der Waals surface area contributed by atoms with E-state index in [1.807, 2.05) is 0 Å². The zero-order valence-electron chi connectivity index (χ0n) is 23.2. The van der Waals surface area contributed by atoms with E-state index in [1.54, 1.807) is 0 Å².